The lowest BCUT2D eigenvalue weighted by atomic mass is 9.68. The van der Waals surface area contributed by atoms with Gasteiger partial charge in [0.05, 0.1) is 10.7 Å². The largest absolute Gasteiger partial charge is 0.399 e. The summed E-state index contributed by atoms with van der Waals surface area (Å²) in [5, 5.41) is 0.719. The number of anilines is 2. The first-order valence-corrected chi connectivity index (χ1v) is 6.78. The van der Waals surface area contributed by atoms with Crippen LogP contribution in [0, 0.1) is 5.41 Å². The summed E-state index contributed by atoms with van der Waals surface area (Å²) in [6.07, 6.45) is 3.58. The fourth-order valence-electron chi connectivity index (χ4n) is 3.09. The van der Waals surface area contributed by atoms with E-state index >= 15 is 0 Å². The quantitative estimate of drug-likeness (QED) is 0.794. The van der Waals surface area contributed by atoms with Crippen LogP contribution in [0.2, 0.25) is 5.02 Å². The van der Waals surface area contributed by atoms with Gasteiger partial charge in [0.1, 0.15) is 5.78 Å². The second kappa shape index (κ2) is 4.16. The highest BCUT2D eigenvalue weighted by atomic mass is 35.5. The third-order valence-electron chi connectivity index (χ3n) is 4.23. The maximum absolute atomic E-state index is 11.3. The van der Waals surface area contributed by atoms with E-state index in [9.17, 15) is 4.79 Å². The van der Waals surface area contributed by atoms with Gasteiger partial charge < -0.3 is 10.6 Å². The highest BCUT2D eigenvalue weighted by molar-refractivity contribution is 6.33. The Bertz CT molecular complexity index is 483. The van der Waals surface area contributed by atoms with Crippen LogP contribution in [0.1, 0.15) is 25.7 Å². The van der Waals surface area contributed by atoms with E-state index in [-0.39, 0.29) is 0 Å². The predicted octanol–water partition coefficient (Wildman–Crippen LogP) is 2.87. The SMILES string of the molecule is Nc1ccc(N2CC3(CCC(=O)CC3)C2)c(Cl)c1. The van der Waals surface area contributed by atoms with E-state index in [0.717, 1.165) is 49.5 Å². The summed E-state index contributed by atoms with van der Waals surface area (Å²) in [6.45, 7) is 2.04. The molecule has 3 nitrogen and oxygen atoms in total. The van der Waals surface area contributed by atoms with Crippen molar-refractivity contribution in [2.24, 2.45) is 5.41 Å². The number of Topliss-reactive ketones (excluding diaryl/α,β-unsaturated/α-hetero) is 1. The smallest absolute Gasteiger partial charge is 0.132 e. The minimum Gasteiger partial charge on any atom is -0.399 e. The first-order chi connectivity index (χ1) is 8.58. The molecule has 1 saturated carbocycles. The first kappa shape index (κ1) is 11.8. The Balaban J connectivity index is 1.70. The number of hydrogen-bond acceptors (Lipinski definition) is 3. The van der Waals surface area contributed by atoms with Gasteiger partial charge in [-0.1, -0.05) is 11.6 Å². The van der Waals surface area contributed by atoms with Crippen molar-refractivity contribution in [3.63, 3.8) is 0 Å². The second-order valence-corrected chi connectivity index (χ2v) is 6.01. The lowest BCUT2D eigenvalue weighted by molar-refractivity contribution is -0.122. The highest BCUT2D eigenvalue weighted by Gasteiger charge is 2.45. The number of nitrogens with two attached hydrogens (primary N) is 1. The summed E-state index contributed by atoms with van der Waals surface area (Å²) >= 11 is 6.21. The van der Waals surface area contributed by atoms with Crippen LogP contribution in [0.3, 0.4) is 0 Å². The third-order valence-corrected chi connectivity index (χ3v) is 4.54. The molecule has 1 aliphatic carbocycles. The van der Waals surface area contributed by atoms with Gasteiger partial charge in [-0.15, -0.1) is 0 Å². The molecule has 1 aromatic carbocycles. The van der Waals surface area contributed by atoms with E-state index < -0.39 is 0 Å². The van der Waals surface area contributed by atoms with E-state index in [1.54, 1.807) is 6.07 Å². The molecule has 1 saturated heterocycles. The Kier molecular flexibility index (Phi) is 2.74. The maximum Gasteiger partial charge on any atom is 0.132 e. The van der Waals surface area contributed by atoms with Crippen LogP contribution in [0.4, 0.5) is 11.4 Å². The zero-order valence-corrected chi connectivity index (χ0v) is 11.0. The molecule has 0 aromatic heterocycles. The summed E-state index contributed by atoms with van der Waals surface area (Å²) in [5.74, 6) is 0.421. The van der Waals surface area contributed by atoms with Gasteiger partial charge in [0.15, 0.2) is 0 Å². The van der Waals surface area contributed by atoms with Crippen molar-refractivity contribution in [3.8, 4) is 0 Å². The number of rotatable bonds is 1. The zero-order valence-electron chi connectivity index (χ0n) is 10.3. The van der Waals surface area contributed by atoms with E-state index in [0.29, 0.717) is 16.9 Å². The van der Waals surface area contributed by atoms with Gasteiger partial charge in [-0.25, -0.2) is 0 Å². The number of ketones is 1. The molecule has 2 fully saturated rings. The second-order valence-electron chi connectivity index (χ2n) is 5.61. The Morgan fingerprint density at radius 2 is 1.89 bits per heavy atom. The molecule has 0 atom stereocenters. The molecule has 0 unspecified atom stereocenters. The molecule has 18 heavy (non-hydrogen) atoms. The van der Waals surface area contributed by atoms with Gasteiger partial charge in [0, 0.05) is 37.0 Å². The van der Waals surface area contributed by atoms with Crippen molar-refractivity contribution in [1.82, 2.24) is 0 Å². The van der Waals surface area contributed by atoms with Crippen LogP contribution in [0.25, 0.3) is 0 Å². The topological polar surface area (TPSA) is 46.3 Å². The van der Waals surface area contributed by atoms with Crippen LogP contribution in [0.5, 0.6) is 0 Å². The third kappa shape index (κ3) is 1.97. The summed E-state index contributed by atoms with van der Waals surface area (Å²) in [4.78, 5) is 13.6. The Hall–Kier alpha value is -1.22. The van der Waals surface area contributed by atoms with Crippen LogP contribution in [0.15, 0.2) is 18.2 Å². The molecule has 0 radical (unpaired) electrons. The molecule has 0 amide bonds. The molecule has 2 aliphatic rings. The molecule has 96 valence electrons. The monoisotopic (exact) mass is 264 g/mol. The number of nitrogen functional groups attached to an aromatic ring is 1. The molecule has 1 heterocycles. The number of carbonyl (C=O) groups excluding carboxylic acids is 1. The Morgan fingerprint density at radius 1 is 1.22 bits per heavy atom. The van der Waals surface area contributed by atoms with Crippen LogP contribution < -0.4 is 10.6 Å². The lowest BCUT2D eigenvalue weighted by Gasteiger charge is -2.53. The summed E-state index contributed by atoms with van der Waals surface area (Å²) in [6, 6.07) is 5.67. The molecule has 1 aliphatic heterocycles. The van der Waals surface area contributed by atoms with Gasteiger partial charge in [-0.3, -0.25) is 4.79 Å². The number of nitrogens with zero attached hydrogens (tertiary/aromatic N) is 1. The first-order valence-electron chi connectivity index (χ1n) is 6.40. The van der Waals surface area contributed by atoms with E-state index in [4.69, 9.17) is 17.3 Å². The van der Waals surface area contributed by atoms with Crippen LogP contribution in [-0.4, -0.2) is 18.9 Å². The molecular formula is C14H17ClN2O. The van der Waals surface area contributed by atoms with Gasteiger partial charge in [-0.05, 0) is 31.0 Å². The van der Waals surface area contributed by atoms with Gasteiger partial charge >= 0.3 is 0 Å². The predicted molar refractivity (Wildman–Crippen MR) is 74.0 cm³/mol. The molecule has 3 rings (SSSR count). The molecule has 1 aromatic rings. The van der Waals surface area contributed by atoms with Crippen molar-refractivity contribution in [2.75, 3.05) is 23.7 Å². The van der Waals surface area contributed by atoms with Crippen molar-refractivity contribution in [2.45, 2.75) is 25.7 Å². The number of carbonyl (C=O) groups is 1. The summed E-state index contributed by atoms with van der Waals surface area (Å²) in [5.41, 5.74) is 7.82. The summed E-state index contributed by atoms with van der Waals surface area (Å²) in [7, 11) is 0. The highest BCUT2D eigenvalue weighted by Crippen LogP contribution is 2.46. The Labute approximate surface area is 112 Å². The molecular weight excluding hydrogens is 248 g/mol. The minimum absolute atomic E-state index is 0.360. The lowest BCUT2D eigenvalue weighted by Crippen LogP contribution is -2.58. The van der Waals surface area contributed by atoms with E-state index in [2.05, 4.69) is 4.90 Å². The maximum atomic E-state index is 11.3. The van der Waals surface area contributed by atoms with Gasteiger partial charge in [0.2, 0.25) is 0 Å². The normalized spacial score (nSPS) is 22.1. The fraction of sp³-hybridized carbons (Fsp3) is 0.500. The zero-order chi connectivity index (χ0) is 12.8. The average Bonchev–Trinajstić information content (AvgIpc) is 2.28. The van der Waals surface area contributed by atoms with Gasteiger partial charge in [-0.2, -0.15) is 0 Å². The minimum atomic E-state index is 0.360. The van der Waals surface area contributed by atoms with Crippen molar-refractivity contribution >= 4 is 28.8 Å². The van der Waals surface area contributed by atoms with E-state index in [1.165, 1.54) is 0 Å². The van der Waals surface area contributed by atoms with E-state index in [1.807, 2.05) is 12.1 Å². The van der Waals surface area contributed by atoms with Crippen LogP contribution in [-0.2, 0) is 4.79 Å². The number of halogens is 1. The molecule has 0 bridgehead atoms. The molecule has 2 N–H and O–H groups in total. The Morgan fingerprint density at radius 3 is 2.50 bits per heavy atom. The number of benzene rings is 1. The molecule has 1 spiro atoms. The summed E-state index contributed by atoms with van der Waals surface area (Å²) < 4.78 is 0. The van der Waals surface area contributed by atoms with Crippen molar-refractivity contribution in [1.29, 1.82) is 0 Å². The fourth-order valence-corrected chi connectivity index (χ4v) is 3.40. The van der Waals surface area contributed by atoms with Crippen molar-refractivity contribution < 1.29 is 4.79 Å². The van der Waals surface area contributed by atoms with Gasteiger partial charge in [0.25, 0.3) is 0 Å². The molecule has 4 heteroatoms. The van der Waals surface area contributed by atoms with Crippen LogP contribution >= 0.6 is 11.6 Å². The van der Waals surface area contributed by atoms with Crippen molar-refractivity contribution in [3.05, 3.63) is 23.2 Å². The average molecular weight is 265 g/mol. The number of hydrogen-bond donors (Lipinski definition) is 1. The standard InChI is InChI=1S/C14H17ClN2O/c15-12-7-10(16)1-2-13(12)17-8-14(9-17)5-3-11(18)4-6-14/h1-2,7H,3-6,8-9,16H2.